The molecule has 0 saturated heterocycles. The van der Waals surface area contributed by atoms with Gasteiger partial charge in [-0.15, -0.1) is 0 Å². The maximum absolute atomic E-state index is 5.40. The lowest BCUT2D eigenvalue weighted by Gasteiger charge is -2.19. The minimum atomic E-state index is 0.641. The van der Waals surface area contributed by atoms with Crippen LogP contribution in [0.25, 0.3) is 0 Å². The lowest BCUT2D eigenvalue weighted by Crippen LogP contribution is -2.18. The molecule has 0 saturated carbocycles. The molecule has 2 aromatic carbocycles. The van der Waals surface area contributed by atoms with Gasteiger partial charge in [-0.2, -0.15) is 0 Å². The summed E-state index contributed by atoms with van der Waals surface area (Å²) in [6.45, 7) is 3.35. The smallest absolute Gasteiger partial charge is 0.134 e. The second-order valence-corrected chi connectivity index (χ2v) is 6.17. The quantitative estimate of drug-likeness (QED) is 0.698. The Morgan fingerprint density at radius 2 is 1.73 bits per heavy atom. The average Bonchev–Trinajstić information content (AvgIpc) is 2.67. The van der Waals surface area contributed by atoms with Crippen molar-refractivity contribution in [3.05, 3.63) is 77.6 Å². The Morgan fingerprint density at radius 1 is 1.00 bits per heavy atom. The maximum Gasteiger partial charge on any atom is 0.134 e. The first-order chi connectivity index (χ1) is 12.7. The number of nitrogens with zero attached hydrogens (tertiary/aromatic N) is 3. The van der Waals surface area contributed by atoms with Crippen LogP contribution in [-0.2, 0) is 13.1 Å². The van der Waals surface area contributed by atoms with E-state index >= 15 is 0 Å². The van der Waals surface area contributed by atoms with Gasteiger partial charge in [0.05, 0.1) is 7.11 Å². The molecule has 1 aromatic heterocycles. The molecule has 1 heterocycles. The first-order valence-electron chi connectivity index (χ1n) is 8.62. The van der Waals surface area contributed by atoms with Crippen LogP contribution in [0.2, 0.25) is 0 Å². The fourth-order valence-electron chi connectivity index (χ4n) is 2.81. The fraction of sp³-hybridized carbons (Fsp3) is 0.238. The number of hydrogen-bond donors (Lipinski definition) is 1. The molecule has 5 nitrogen and oxygen atoms in total. The van der Waals surface area contributed by atoms with Crippen molar-refractivity contribution in [3.63, 3.8) is 0 Å². The zero-order chi connectivity index (χ0) is 18.4. The van der Waals surface area contributed by atoms with Gasteiger partial charge in [0, 0.05) is 31.8 Å². The van der Waals surface area contributed by atoms with Crippen LogP contribution in [0.3, 0.4) is 0 Å². The van der Waals surface area contributed by atoms with Crippen molar-refractivity contribution < 1.29 is 4.74 Å². The van der Waals surface area contributed by atoms with Gasteiger partial charge in [0.15, 0.2) is 0 Å². The van der Waals surface area contributed by atoms with E-state index in [0.717, 1.165) is 35.3 Å². The summed E-state index contributed by atoms with van der Waals surface area (Å²) >= 11 is 0. The number of benzene rings is 2. The second-order valence-electron chi connectivity index (χ2n) is 6.17. The zero-order valence-corrected chi connectivity index (χ0v) is 15.4. The number of ether oxygens (including phenoxy) is 1. The largest absolute Gasteiger partial charge is 0.496 e. The van der Waals surface area contributed by atoms with Gasteiger partial charge in [-0.3, -0.25) is 0 Å². The first kappa shape index (κ1) is 17.7. The Hall–Kier alpha value is -3.08. The maximum atomic E-state index is 5.40. The lowest BCUT2D eigenvalue weighted by atomic mass is 10.2. The monoisotopic (exact) mass is 348 g/mol. The lowest BCUT2D eigenvalue weighted by molar-refractivity contribution is 0.410. The number of nitrogens with one attached hydrogen (secondary N) is 1. The third-order valence-corrected chi connectivity index (χ3v) is 4.13. The highest BCUT2D eigenvalue weighted by Crippen LogP contribution is 2.21. The molecular formula is C21H24N4O. The van der Waals surface area contributed by atoms with Gasteiger partial charge in [0.1, 0.15) is 23.2 Å². The number of aryl methyl sites for hydroxylation is 1. The van der Waals surface area contributed by atoms with Gasteiger partial charge in [0.2, 0.25) is 0 Å². The van der Waals surface area contributed by atoms with Crippen LogP contribution in [0.5, 0.6) is 5.75 Å². The Kier molecular flexibility index (Phi) is 5.69. The molecule has 0 radical (unpaired) electrons. The molecule has 0 atom stereocenters. The molecule has 0 aliphatic carbocycles. The summed E-state index contributed by atoms with van der Waals surface area (Å²) in [7, 11) is 3.73. The number of hydrogen-bond acceptors (Lipinski definition) is 5. The van der Waals surface area contributed by atoms with Gasteiger partial charge in [-0.05, 0) is 18.6 Å². The predicted octanol–water partition coefficient (Wildman–Crippen LogP) is 4.04. The van der Waals surface area contributed by atoms with Gasteiger partial charge >= 0.3 is 0 Å². The topological polar surface area (TPSA) is 50.3 Å². The van der Waals surface area contributed by atoms with Crippen molar-refractivity contribution in [1.82, 2.24) is 9.97 Å². The summed E-state index contributed by atoms with van der Waals surface area (Å²) in [5.41, 5.74) is 2.33. The van der Waals surface area contributed by atoms with E-state index in [1.54, 1.807) is 7.11 Å². The molecule has 0 spiro atoms. The van der Waals surface area contributed by atoms with E-state index in [0.29, 0.717) is 6.54 Å². The number of methoxy groups -OCH3 is 1. The molecule has 0 bridgehead atoms. The molecule has 26 heavy (non-hydrogen) atoms. The number of aromatic nitrogens is 2. The van der Waals surface area contributed by atoms with E-state index in [1.807, 2.05) is 50.4 Å². The Bertz CT molecular complexity index is 852. The molecule has 5 heteroatoms. The Labute approximate surface area is 154 Å². The fourth-order valence-corrected chi connectivity index (χ4v) is 2.81. The van der Waals surface area contributed by atoms with Gasteiger partial charge < -0.3 is 15.0 Å². The minimum Gasteiger partial charge on any atom is -0.496 e. The highest BCUT2D eigenvalue weighted by atomic mass is 16.5. The molecule has 134 valence electrons. The van der Waals surface area contributed by atoms with Crippen LogP contribution in [0, 0.1) is 6.92 Å². The molecule has 3 rings (SSSR count). The summed E-state index contributed by atoms with van der Waals surface area (Å²) < 4.78 is 5.40. The Morgan fingerprint density at radius 3 is 2.50 bits per heavy atom. The van der Waals surface area contributed by atoms with Crippen molar-refractivity contribution >= 4 is 11.6 Å². The van der Waals surface area contributed by atoms with E-state index in [9.17, 15) is 0 Å². The van der Waals surface area contributed by atoms with Crippen LogP contribution >= 0.6 is 0 Å². The summed E-state index contributed by atoms with van der Waals surface area (Å²) in [5.74, 6) is 3.30. The molecule has 0 amide bonds. The summed E-state index contributed by atoms with van der Waals surface area (Å²) in [4.78, 5) is 11.2. The SMILES string of the molecule is COc1ccccc1CNc1cc(N(C)Cc2ccccc2)nc(C)n1. The van der Waals surface area contributed by atoms with E-state index in [1.165, 1.54) is 5.56 Å². The third kappa shape index (κ3) is 4.51. The van der Waals surface area contributed by atoms with Crippen molar-refractivity contribution in [2.45, 2.75) is 20.0 Å². The summed E-state index contributed by atoms with van der Waals surface area (Å²) in [5, 5.41) is 3.38. The Balaban J connectivity index is 1.73. The molecule has 0 aliphatic heterocycles. The van der Waals surface area contributed by atoms with Crippen LogP contribution in [0.4, 0.5) is 11.6 Å². The van der Waals surface area contributed by atoms with Crippen molar-refractivity contribution in [2.24, 2.45) is 0 Å². The molecule has 0 unspecified atom stereocenters. The van der Waals surface area contributed by atoms with Crippen LogP contribution < -0.4 is 15.0 Å². The standard InChI is InChI=1S/C21H24N4O/c1-16-23-20(22-14-18-11-7-8-12-19(18)26-3)13-21(24-16)25(2)15-17-9-5-4-6-10-17/h4-13H,14-15H2,1-3H3,(H,22,23,24). The third-order valence-electron chi connectivity index (χ3n) is 4.13. The highest BCUT2D eigenvalue weighted by molar-refractivity contribution is 5.50. The van der Waals surface area contributed by atoms with Gasteiger partial charge in [-0.25, -0.2) is 9.97 Å². The molecular weight excluding hydrogens is 324 g/mol. The number of rotatable bonds is 7. The average molecular weight is 348 g/mol. The van der Waals surface area contributed by atoms with E-state index < -0.39 is 0 Å². The van der Waals surface area contributed by atoms with Crippen molar-refractivity contribution in [2.75, 3.05) is 24.4 Å². The van der Waals surface area contributed by atoms with E-state index in [2.05, 4.69) is 44.5 Å². The van der Waals surface area contributed by atoms with E-state index in [-0.39, 0.29) is 0 Å². The molecule has 0 aliphatic rings. The van der Waals surface area contributed by atoms with Gasteiger partial charge in [-0.1, -0.05) is 48.5 Å². The van der Waals surface area contributed by atoms with Crippen LogP contribution in [0.1, 0.15) is 17.0 Å². The van der Waals surface area contributed by atoms with Crippen molar-refractivity contribution in [3.8, 4) is 5.75 Å². The number of anilines is 2. The number of para-hydroxylation sites is 1. The molecule has 3 aromatic rings. The normalized spacial score (nSPS) is 10.4. The second kappa shape index (κ2) is 8.34. The highest BCUT2D eigenvalue weighted by Gasteiger charge is 2.08. The summed E-state index contributed by atoms with van der Waals surface area (Å²) in [6, 6.07) is 20.3. The van der Waals surface area contributed by atoms with Crippen LogP contribution in [-0.4, -0.2) is 24.1 Å². The molecule has 1 N–H and O–H groups in total. The summed E-state index contributed by atoms with van der Waals surface area (Å²) in [6.07, 6.45) is 0. The van der Waals surface area contributed by atoms with Crippen LogP contribution in [0.15, 0.2) is 60.7 Å². The van der Waals surface area contributed by atoms with Gasteiger partial charge in [0.25, 0.3) is 0 Å². The van der Waals surface area contributed by atoms with E-state index in [4.69, 9.17) is 4.74 Å². The van der Waals surface area contributed by atoms with Crippen molar-refractivity contribution in [1.29, 1.82) is 0 Å². The first-order valence-corrected chi connectivity index (χ1v) is 8.62. The zero-order valence-electron chi connectivity index (χ0n) is 15.4. The predicted molar refractivity (Wildman–Crippen MR) is 106 cm³/mol. The minimum absolute atomic E-state index is 0.641. The molecule has 0 fully saturated rings.